The van der Waals surface area contributed by atoms with Gasteiger partial charge in [0.2, 0.25) is 5.91 Å². The maximum Gasteiger partial charge on any atom is 0.348 e. The van der Waals surface area contributed by atoms with Gasteiger partial charge in [-0.3, -0.25) is 14.2 Å². The van der Waals surface area contributed by atoms with Crippen molar-refractivity contribution in [3.8, 4) is 11.8 Å². The number of benzene rings is 1. The zero-order valence-corrected chi connectivity index (χ0v) is 26.4. The first kappa shape index (κ1) is 33.5. The highest BCUT2D eigenvalue weighted by molar-refractivity contribution is 7.20. The van der Waals surface area contributed by atoms with Crippen LogP contribution in [0.3, 0.4) is 0 Å². The number of halogens is 1. The topological polar surface area (TPSA) is 142 Å². The van der Waals surface area contributed by atoms with Crippen LogP contribution in [0.1, 0.15) is 68.4 Å². The molecule has 232 valence electrons. The second kappa shape index (κ2) is 13.5. The Morgan fingerprint density at radius 3 is 2.47 bits per heavy atom. The summed E-state index contributed by atoms with van der Waals surface area (Å²) in [6, 6.07) is 5.65. The molecule has 2 atom stereocenters. The highest BCUT2D eigenvalue weighted by Gasteiger charge is 2.36. The van der Waals surface area contributed by atoms with Gasteiger partial charge in [-0.15, -0.1) is 11.3 Å². The molecule has 0 saturated heterocycles. The number of ether oxygens (including phenoxy) is 3. The average Bonchev–Trinajstić information content (AvgIpc) is 3.29. The highest BCUT2D eigenvalue weighted by atomic mass is 32.1. The van der Waals surface area contributed by atoms with Gasteiger partial charge in [0.15, 0.2) is 0 Å². The SMILES string of the molecule is CCOC(=O)c1sc2c(c1C)c(=O)n(C(C)(C)C(=O)NC(C)C)c(=O)n2C[C@H](OC[C@@H](C)C#N)c1cc(F)ccc1OC. The minimum absolute atomic E-state index is 0.0573. The van der Waals surface area contributed by atoms with E-state index < -0.39 is 46.5 Å². The van der Waals surface area contributed by atoms with E-state index in [1.165, 1.54) is 43.7 Å². The van der Waals surface area contributed by atoms with Crippen LogP contribution in [-0.2, 0) is 26.4 Å². The Labute approximate surface area is 252 Å². The summed E-state index contributed by atoms with van der Waals surface area (Å²) >= 11 is 0.906. The lowest BCUT2D eigenvalue weighted by Gasteiger charge is -2.28. The van der Waals surface area contributed by atoms with Crippen LogP contribution < -0.4 is 21.3 Å². The molecule has 0 unspecified atom stereocenters. The van der Waals surface area contributed by atoms with Crippen molar-refractivity contribution in [3.05, 3.63) is 60.9 Å². The molecule has 1 N–H and O–H groups in total. The Hall–Kier alpha value is -4.02. The number of nitrogens with one attached hydrogen (secondary N) is 1. The number of fused-ring (bicyclic) bond motifs is 1. The van der Waals surface area contributed by atoms with Crippen LogP contribution in [0.2, 0.25) is 0 Å². The number of thiophene rings is 1. The smallest absolute Gasteiger partial charge is 0.348 e. The van der Waals surface area contributed by atoms with Crippen LogP contribution in [0.15, 0.2) is 27.8 Å². The first-order valence-corrected chi connectivity index (χ1v) is 14.6. The molecule has 0 aliphatic heterocycles. The van der Waals surface area contributed by atoms with Crippen molar-refractivity contribution in [2.24, 2.45) is 5.92 Å². The number of carbonyl (C=O) groups is 2. The van der Waals surface area contributed by atoms with Gasteiger partial charge in [-0.2, -0.15) is 5.26 Å². The van der Waals surface area contributed by atoms with Gasteiger partial charge in [-0.1, -0.05) is 0 Å². The van der Waals surface area contributed by atoms with Gasteiger partial charge in [0.05, 0.1) is 44.2 Å². The van der Waals surface area contributed by atoms with Gasteiger partial charge in [0.1, 0.15) is 32.9 Å². The third-order valence-electron chi connectivity index (χ3n) is 6.86. The van der Waals surface area contributed by atoms with Crippen molar-refractivity contribution in [2.45, 2.75) is 72.7 Å². The molecule has 0 bridgehead atoms. The molecule has 2 heterocycles. The zero-order chi connectivity index (χ0) is 32.2. The van der Waals surface area contributed by atoms with Crippen LogP contribution in [0.25, 0.3) is 10.2 Å². The molecule has 13 heteroatoms. The summed E-state index contributed by atoms with van der Waals surface area (Å²) in [5.74, 6) is -2.06. The van der Waals surface area contributed by atoms with Crippen LogP contribution in [-0.4, -0.2) is 47.4 Å². The van der Waals surface area contributed by atoms with Gasteiger partial charge in [-0.05, 0) is 72.2 Å². The molecule has 1 amide bonds. The van der Waals surface area contributed by atoms with Crippen molar-refractivity contribution in [1.82, 2.24) is 14.5 Å². The fraction of sp³-hybridized carbons (Fsp3) is 0.500. The third kappa shape index (κ3) is 6.81. The van der Waals surface area contributed by atoms with E-state index in [1.807, 2.05) is 0 Å². The number of amides is 1. The molecule has 43 heavy (non-hydrogen) atoms. The third-order valence-corrected chi connectivity index (χ3v) is 8.16. The zero-order valence-electron chi connectivity index (χ0n) is 25.6. The Bertz CT molecular complexity index is 1680. The van der Waals surface area contributed by atoms with Crippen molar-refractivity contribution >= 4 is 33.4 Å². The van der Waals surface area contributed by atoms with E-state index in [-0.39, 0.29) is 52.2 Å². The van der Waals surface area contributed by atoms with Crippen molar-refractivity contribution in [3.63, 3.8) is 0 Å². The second-order valence-corrected chi connectivity index (χ2v) is 11.9. The molecule has 2 aromatic heterocycles. The molecule has 0 radical (unpaired) electrons. The lowest BCUT2D eigenvalue weighted by atomic mass is 10.0. The fourth-order valence-corrected chi connectivity index (χ4v) is 5.79. The number of methoxy groups -OCH3 is 1. The summed E-state index contributed by atoms with van der Waals surface area (Å²) in [5, 5.41) is 12.2. The lowest BCUT2D eigenvalue weighted by Crippen LogP contribution is -2.56. The number of nitriles is 1. The highest BCUT2D eigenvalue weighted by Crippen LogP contribution is 2.34. The van der Waals surface area contributed by atoms with E-state index in [9.17, 15) is 28.8 Å². The van der Waals surface area contributed by atoms with E-state index in [1.54, 1.807) is 34.6 Å². The van der Waals surface area contributed by atoms with Crippen LogP contribution in [0, 0.1) is 30.0 Å². The summed E-state index contributed by atoms with van der Waals surface area (Å²) in [6.07, 6.45) is -1.03. The molecule has 3 rings (SSSR count). The average molecular weight is 617 g/mol. The molecule has 1 aromatic carbocycles. The maximum atomic E-state index is 14.5. The Kier molecular flexibility index (Phi) is 10.5. The molecule has 11 nitrogen and oxygen atoms in total. The fourth-order valence-electron chi connectivity index (χ4n) is 4.59. The molecule has 0 aliphatic carbocycles. The number of hydrogen-bond acceptors (Lipinski definition) is 9. The minimum atomic E-state index is -1.64. The van der Waals surface area contributed by atoms with Crippen LogP contribution in [0.4, 0.5) is 4.39 Å². The number of carbonyl (C=O) groups excluding carboxylic acids is 2. The Morgan fingerprint density at radius 2 is 1.88 bits per heavy atom. The standard InChI is InChI=1S/C30H37FN4O7S/c1-9-41-27(37)24-18(5)23-25(36)35(30(6,7)28(38)33-16(2)3)29(39)34(26(23)43-24)14-22(42-15-17(4)13-32)20-12-19(31)10-11-21(20)40-8/h10-12,16-17,22H,9,14-15H2,1-8H3,(H,33,38)/t17-,22-/m0/s1. The Balaban J connectivity index is 2.40. The summed E-state index contributed by atoms with van der Waals surface area (Å²) in [6.45, 7) is 11.1. The number of hydrogen-bond donors (Lipinski definition) is 1. The predicted octanol–water partition coefficient (Wildman–Crippen LogP) is 4.03. The summed E-state index contributed by atoms with van der Waals surface area (Å²) in [5.41, 5.74) is -2.67. The van der Waals surface area contributed by atoms with Crippen molar-refractivity contribution < 1.29 is 28.2 Å². The summed E-state index contributed by atoms with van der Waals surface area (Å²) in [7, 11) is 1.40. The number of esters is 1. The quantitative estimate of drug-likeness (QED) is 0.301. The van der Waals surface area contributed by atoms with Crippen LogP contribution >= 0.6 is 11.3 Å². The van der Waals surface area contributed by atoms with Gasteiger partial charge < -0.3 is 19.5 Å². The van der Waals surface area contributed by atoms with Gasteiger partial charge >= 0.3 is 11.7 Å². The van der Waals surface area contributed by atoms with Gasteiger partial charge in [0.25, 0.3) is 5.56 Å². The normalized spacial score (nSPS) is 13.0. The van der Waals surface area contributed by atoms with E-state index in [0.717, 1.165) is 15.9 Å². The minimum Gasteiger partial charge on any atom is -0.496 e. The molecule has 0 spiro atoms. The molecular formula is C30H37FN4O7S. The summed E-state index contributed by atoms with van der Waals surface area (Å²) in [4.78, 5) is 54.7. The first-order chi connectivity index (χ1) is 20.2. The van der Waals surface area contributed by atoms with Gasteiger partial charge in [-0.25, -0.2) is 18.5 Å². The maximum absolute atomic E-state index is 14.5. The number of aryl methyl sites for hydroxylation is 1. The first-order valence-electron chi connectivity index (χ1n) is 13.8. The number of aromatic nitrogens is 2. The molecule has 0 fully saturated rings. The Morgan fingerprint density at radius 1 is 1.21 bits per heavy atom. The van der Waals surface area contributed by atoms with Gasteiger partial charge in [0, 0.05) is 11.6 Å². The molecule has 0 saturated carbocycles. The van der Waals surface area contributed by atoms with Crippen LogP contribution in [0.5, 0.6) is 5.75 Å². The monoisotopic (exact) mass is 616 g/mol. The van der Waals surface area contributed by atoms with E-state index in [0.29, 0.717) is 5.56 Å². The summed E-state index contributed by atoms with van der Waals surface area (Å²) < 4.78 is 33.3. The lowest BCUT2D eigenvalue weighted by molar-refractivity contribution is -0.129. The van der Waals surface area contributed by atoms with E-state index in [4.69, 9.17) is 14.2 Å². The molecule has 3 aromatic rings. The number of nitrogens with zero attached hydrogens (tertiary/aromatic N) is 3. The predicted molar refractivity (Wildman–Crippen MR) is 160 cm³/mol. The molecular weight excluding hydrogens is 579 g/mol. The van der Waals surface area contributed by atoms with E-state index >= 15 is 0 Å². The van der Waals surface area contributed by atoms with Crippen molar-refractivity contribution in [1.29, 1.82) is 5.26 Å². The molecule has 0 aliphatic rings. The number of rotatable bonds is 12. The van der Waals surface area contributed by atoms with Crippen molar-refractivity contribution in [2.75, 3.05) is 20.3 Å². The second-order valence-electron chi connectivity index (χ2n) is 10.9. The largest absolute Gasteiger partial charge is 0.496 e. The van der Waals surface area contributed by atoms with E-state index in [2.05, 4.69) is 11.4 Å².